The van der Waals surface area contributed by atoms with Crippen molar-refractivity contribution in [3.05, 3.63) is 48.1 Å². The van der Waals surface area contributed by atoms with Crippen LogP contribution in [-0.4, -0.2) is 36.9 Å². The molecule has 2 aliphatic heterocycles. The highest BCUT2D eigenvalue weighted by Crippen LogP contribution is 2.29. The number of aromatic nitrogens is 1. The second-order valence-electron chi connectivity index (χ2n) is 6.44. The number of H-pyrrole nitrogens is 1. The molecular weight excluding hydrogens is 310 g/mol. The van der Waals surface area contributed by atoms with Crippen molar-refractivity contribution in [1.29, 1.82) is 0 Å². The molecule has 2 aliphatic rings. The van der Waals surface area contributed by atoms with E-state index in [0.29, 0.717) is 0 Å². The molecule has 1 unspecified atom stereocenters. The third kappa shape index (κ3) is 8.07. The number of rotatable bonds is 5. The molecule has 140 valence electrons. The van der Waals surface area contributed by atoms with Gasteiger partial charge in [0.1, 0.15) is 0 Å². The first-order valence-electron chi connectivity index (χ1n) is 9.30. The van der Waals surface area contributed by atoms with E-state index in [1.807, 2.05) is 30.7 Å². The summed E-state index contributed by atoms with van der Waals surface area (Å²) in [6, 6.07) is 3.89. The van der Waals surface area contributed by atoms with Gasteiger partial charge in [0.15, 0.2) is 0 Å². The highest BCUT2D eigenvalue weighted by molar-refractivity contribution is 5.30. The normalized spacial score (nSPS) is 23.0. The van der Waals surface area contributed by atoms with Crippen LogP contribution in [0.5, 0.6) is 0 Å². The third-order valence-electron chi connectivity index (χ3n) is 4.52. The minimum atomic E-state index is 0.271. The summed E-state index contributed by atoms with van der Waals surface area (Å²) in [4.78, 5) is 6.47. The van der Waals surface area contributed by atoms with Crippen molar-refractivity contribution in [3.63, 3.8) is 0 Å². The van der Waals surface area contributed by atoms with Gasteiger partial charge in [-0.1, -0.05) is 13.8 Å². The van der Waals surface area contributed by atoms with Crippen molar-refractivity contribution in [3.8, 4) is 0 Å². The number of aliphatic imine (C=N–C) groups is 1. The molecule has 5 heteroatoms. The minimum Gasteiger partial charge on any atom is -0.402 e. The van der Waals surface area contributed by atoms with Gasteiger partial charge in [0, 0.05) is 43.1 Å². The van der Waals surface area contributed by atoms with Gasteiger partial charge in [-0.05, 0) is 68.9 Å². The number of hydrogen-bond donors (Lipinski definition) is 4. The number of nitrogens with two attached hydrogens (primary N) is 1. The molecule has 1 aromatic rings. The van der Waals surface area contributed by atoms with Gasteiger partial charge in [0.05, 0.1) is 0 Å². The molecule has 25 heavy (non-hydrogen) atoms. The maximum atomic E-state index is 6.17. The van der Waals surface area contributed by atoms with Gasteiger partial charge < -0.3 is 26.3 Å². The summed E-state index contributed by atoms with van der Waals surface area (Å²) in [6.07, 6.45) is 13.6. The Hall–Kier alpha value is -2.01. The Labute approximate surface area is 152 Å². The topological polar surface area (TPSA) is 78.2 Å². The lowest BCUT2D eigenvalue weighted by molar-refractivity contribution is 0.357. The fourth-order valence-corrected chi connectivity index (χ4v) is 2.97. The first kappa shape index (κ1) is 21.0. The average molecular weight is 346 g/mol. The van der Waals surface area contributed by atoms with Crippen LogP contribution in [0.15, 0.2) is 53.1 Å². The summed E-state index contributed by atoms with van der Waals surface area (Å²) in [5.74, 6) is 0. The number of hydrogen-bond acceptors (Lipinski definition) is 4. The van der Waals surface area contributed by atoms with Crippen molar-refractivity contribution >= 4 is 6.72 Å². The lowest BCUT2D eigenvalue weighted by Crippen LogP contribution is -2.40. The summed E-state index contributed by atoms with van der Waals surface area (Å²) in [6.45, 7) is 10.6. The molecule has 1 atom stereocenters. The number of nitrogens with zero attached hydrogens (tertiary/aromatic N) is 1. The van der Waals surface area contributed by atoms with E-state index in [9.17, 15) is 0 Å². The molecule has 3 heterocycles. The monoisotopic (exact) mass is 345 g/mol. The van der Waals surface area contributed by atoms with Gasteiger partial charge in [-0.15, -0.1) is 0 Å². The SMILES string of the molecule is C=NCCC.CCC1(C/C(N)=C2\C=CNC2)CCCN1.c1cc[nH]c1. The average Bonchev–Trinajstić information content (AvgIpc) is 3.38. The fraction of sp³-hybridized carbons (Fsp3) is 0.550. The maximum absolute atomic E-state index is 6.17. The minimum absolute atomic E-state index is 0.271. The molecule has 1 fully saturated rings. The van der Waals surface area contributed by atoms with E-state index in [-0.39, 0.29) is 5.54 Å². The second kappa shape index (κ2) is 12.4. The van der Waals surface area contributed by atoms with Crippen LogP contribution in [0.3, 0.4) is 0 Å². The molecule has 0 bridgehead atoms. The Balaban J connectivity index is 0.000000256. The van der Waals surface area contributed by atoms with Gasteiger partial charge in [-0.2, -0.15) is 0 Å². The van der Waals surface area contributed by atoms with Gasteiger partial charge in [-0.3, -0.25) is 0 Å². The lowest BCUT2D eigenvalue weighted by atomic mass is 9.88. The predicted octanol–water partition coefficient (Wildman–Crippen LogP) is 3.35. The van der Waals surface area contributed by atoms with Gasteiger partial charge in [-0.25, -0.2) is 0 Å². The predicted molar refractivity (Wildman–Crippen MR) is 109 cm³/mol. The highest BCUT2D eigenvalue weighted by atomic mass is 15.0. The van der Waals surface area contributed by atoms with Crippen LogP contribution in [0.25, 0.3) is 0 Å². The molecule has 0 aliphatic carbocycles. The van der Waals surface area contributed by atoms with Crippen molar-refractivity contribution in [2.24, 2.45) is 10.7 Å². The van der Waals surface area contributed by atoms with Crippen LogP contribution in [-0.2, 0) is 0 Å². The molecule has 0 amide bonds. The maximum Gasteiger partial charge on any atom is 0.0412 e. The molecular formula is C20H35N5. The van der Waals surface area contributed by atoms with E-state index in [0.717, 1.165) is 44.6 Å². The standard InChI is InChI=1S/C12H21N3.C4H5N.C4H9N/c1-2-12(5-3-6-15-12)8-11(13)10-4-7-14-9-10;1-2-4-5-3-1;1-3-4-5-2/h4,7,14-15H,2-3,5-6,8-9,13H2,1H3;1-5H;2-4H2,1H3/b11-10-;;. The molecule has 5 N–H and O–H groups in total. The van der Waals surface area contributed by atoms with Crippen LogP contribution < -0.4 is 16.4 Å². The zero-order valence-corrected chi connectivity index (χ0v) is 15.9. The molecule has 0 saturated carbocycles. The van der Waals surface area contributed by atoms with Crippen LogP contribution in [0.1, 0.15) is 46.0 Å². The Morgan fingerprint density at radius 3 is 2.44 bits per heavy atom. The lowest BCUT2D eigenvalue weighted by Gasteiger charge is -2.28. The van der Waals surface area contributed by atoms with Crippen molar-refractivity contribution in [2.45, 2.75) is 51.5 Å². The van der Waals surface area contributed by atoms with Crippen molar-refractivity contribution < 1.29 is 0 Å². The van der Waals surface area contributed by atoms with E-state index in [2.05, 4.69) is 47.3 Å². The number of nitrogens with one attached hydrogen (secondary N) is 3. The van der Waals surface area contributed by atoms with E-state index in [1.54, 1.807) is 0 Å². The quantitative estimate of drug-likeness (QED) is 0.618. The van der Waals surface area contributed by atoms with Gasteiger partial charge in [0.25, 0.3) is 0 Å². The van der Waals surface area contributed by atoms with Crippen LogP contribution in [0.4, 0.5) is 0 Å². The fourth-order valence-electron chi connectivity index (χ4n) is 2.97. The molecule has 0 radical (unpaired) electrons. The zero-order valence-electron chi connectivity index (χ0n) is 15.9. The second-order valence-corrected chi connectivity index (χ2v) is 6.44. The molecule has 0 spiro atoms. The first-order valence-corrected chi connectivity index (χ1v) is 9.30. The molecule has 1 aromatic heterocycles. The van der Waals surface area contributed by atoms with E-state index >= 15 is 0 Å². The van der Waals surface area contributed by atoms with E-state index < -0.39 is 0 Å². The molecule has 1 saturated heterocycles. The Kier molecular flexibility index (Phi) is 10.4. The van der Waals surface area contributed by atoms with Crippen LogP contribution in [0, 0.1) is 0 Å². The third-order valence-corrected chi connectivity index (χ3v) is 4.52. The number of aromatic amines is 1. The Morgan fingerprint density at radius 1 is 1.32 bits per heavy atom. The van der Waals surface area contributed by atoms with E-state index in [1.165, 1.54) is 18.4 Å². The van der Waals surface area contributed by atoms with Crippen molar-refractivity contribution in [2.75, 3.05) is 19.6 Å². The van der Waals surface area contributed by atoms with E-state index in [4.69, 9.17) is 5.73 Å². The summed E-state index contributed by atoms with van der Waals surface area (Å²) >= 11 is 0. The summed E-state index contributed by atoms with van der Waals surface area (Å²) in [7, 11) is 0. The molecule has 3 rings (SSSR count). The smallest absolute Gasteiger partial charge is 0.0412 e. The zero-order chi connectivity index (χ0) is 18.4. The first-order chi connectivity index (χ1) is 12.2. The summed E-state index contributed by atoms with van der Waals surface area (Å²) in [5, 5.41) is 6.79. The Bertz CT molecular complexity index is 493. The molecule has 0 aromatic carbocycles. The van der Waals surface area contributed by atoms with Crippen molar-refractivity contribution in [1.82, 2.24) is 15.6 Å². The molecule has 5 nitrogen and oxygen atoms in total. The Morgan fingerprint density at radius 2 is 2.08 bits per heavy atom. The largest absolute Gasteiger partial charge is 0.402 e. The van der Waals surface area contributed by atoms with Crippen LogP contribution in [0.2, 0.25) is 0 Å². The summed E-state index contributed by atoms with van der Waals surface area (Å²) < 4.78 is 0. The summed E-state index contributed by atoms with van der Waals surface area (Å²) in [5.41, 5.74) is 8.75. The van der Waals surface area contributed by atoms with Gasteiger partial charge >= 0.3 is 0 Å². The highest BCUT2D eigenvalue weighted by Gasteiger charge is 2.32. The van der Waals surface area contributed by atoms with Gasteiger partial charge in [0.2, 0.25) is 0 Å². The van der Waals surface area contributed by atoms with Crippen LogP contribution >= 0.6 is 0 Å².